The van der Waals surface area contributed by atoms with Crippen LogP contribution >= 0.6 is 11.6 Å². The standard InChI is InChI=1S/C30H41ClF3N5O3/c1-6-23-13-25(14-24(7-2)39(23)29(40)41-19(3)4)38(17-20-10-21(30(32,33)34)12-22(31)11-20)28-35-15-27(16-36-28)42-26-8-9-37(5)18-26/h10-12,15-16,19,23-26H,6-9,13-14,17-18H2,1-5H3/t23-,24+,25+,26-/m0/s1. The highest BCUT2D eigenvalue weighted by Gasteiger charge is 2.41. The number of amides is 1. The molecule has 2 fully saturated rings. The third-order valence-corrected chi connectivity index (χ3v) is 8.18. The van der Waals surface area contributed by atoms with E-state index < -0.39 is 11.7 Å². The monoisotopic (exact) mass is 611 g/mol. The highest BCUT2D eigenvalue weighted by Crippen LogP contribution is 2.36. The second-order valence-corrected chi connectivity index (χ2v) is 12.0. The van der Waals surface area contributed by atoms with Crippen LogP contribution in [-0.4, -0.2) is 76.3 Å². The molecule has 1 aromatic carbocycles. The molecule has 12 heteroatoms. The van der Waals surface area contributed by atoms with E-state index in [0.29, 0.717) is 42.9 Å². The van der Waals surface area contributed by atoms with Gasteiger partial charge >= 0.3 is 12.3 Å². The number of carbonyl (C=O) groups excluding carboxylic acids is 1. The predicted octanol–water partition coefficient (Wildman–Crippen LogP) is 6.80. The molecule has 0 aliphatic carbocycles. The molecule has 2 saturated heterocycles. The molecule has 2 aliphatic rings. The average Bonchev–Trinajstić information content (AvgIpc) is 3.34. The number of alkyl halides is 3. The molecule has 232 valence electrons. The number of hydrogen-bond acceptors (Lipinski definition) is 7. The van der Waals surface area contributed by atoms with Crippen molar-refractivity contribution >= 4 is 23.6 Å². The average molecular weight is 612 g/mol. The zero-order valence-electron chi connectivity index (χ0n) is 24.9. The number of likely N-dealkylation sites (tertiary alicyclic amines) is 2. The normalized spacial score (nSPS) is 23.3. The Hall–Kier alpha value is -2.79. The summed E-state index contributed by atoms with van der Waals surface area (Å²) < 4.78 is 52.6. The molecule has 0 bridgehead atoms. The summed E-state index contributed by atoms with van der Waals surface area (Å²) in [4.78, 5) is 28.3. The van der Waals surface area contributed by atoms with Gasteiger partial charge in [-0.25, -0.2) is 14.8 Å². The number of nitrogens with zero attached hydrogens (tertiary/aromatic N) is 5. The third kappa shape index (κ3) is 7.98. The molecule has 4 rings (SSSR count). The van der Waals surface area contributed by atoms with Gasteiger partial charge in [-0.3, -0.25) is 0 Å². The van der Waals surface area contributed by atoms with Gasteiger partial charge in [0.1, 0.15) is 6.10 Å². The van der Waals surface area contributed by atoms with Crippen molar-refractivity contribution in [2.75, 3.05) is 25.0 Å². The molecule has 4 atom stereocenters. The van der Waals surface area contributed by atoms with Crippen LogP contribution < -0.4 is 9.64 Å². The van der Waals surface area contributed by atoms with Gasteiger partial charge in [0.2, 0.25) is 5.95 Å². The Morgan fingerprint density at radius 3 is 2.29 bits per heavy atom. The summed E-state index contributed by atoms with van der Waals surface area (Å²) >= 11 is 6.14. The Morgan fingerprint density at radius 2 is 1.76 bits per heavy atom. The van der Waals surface area contributed by atoms with Crippen LogP contribution in [0.25, 0.3) is 0 Å². The van der Waals surface area contributed by atoms with Crippen molar-refractivity contribution in [1.82, 2.24) is 19.8 Å². The van der Waals surface area contributed by atoms with Gasteiger partial charge < -0.3 is 24.2 Å². The molecule has 42 heavy (non-hydrogen) atoms. The first kappa shape index (κ1) is 32.1. The number of benzene rings is 1. The molecule has 8 nitrogen and oxygen atoms in total. The van der Waals surface area contributed by atoms with E-state index >= 15 is 0 Å². The smallest absolute Gasteiger partial charge is 0.416 e. The van der Waals surface area contributed by atoms with E-state index in [1.165, 1.54) is 0 Å². The molecular formula is C30H41ClF3N5O3. The van der Waals surface area contributed by atoms with E-state index in [1.54, 1.807) is 18.5 Å². The van der Waals surface area contributed by atoms with Crippen LogP contribution in [0.15, 0.2) is 30.6 Å². The first-order valence-electron chi connectivity index (χ1n) is 14.7. The van der Waals surface area contributed by atoms with Crippen molar-refractivity contribution in [3.63, 3.8) is 0 Å². The molecule has 1 amide bonds. The molecule has 0 spiro atoms. The predicted molar refractivity (Wildman–Crippen MR) is 156 cm³/mol. The maximum atomic E-state index is 13.6. The van der Waals surface area contributed by atoms with Gasteiger partial charge in [-0.1, -0.05) is 25.4 Å². The lowest BCUT2D eigenvalue weighted by Crippen LogP contribution is -2.57. The molecule has 0 radical (unpaired) electrons. The number of carbonyl (C=O) groups is 1. The minimum Gasteiger partial charge on any atom is -0.486 e. The van der Waals surface area contributed by atoms with Crippen molar-refractivity contribution < 1.29 is 27.4 Å². The van der Waals surface area contributed by atoms with Crippen LogP contribution in [0.5, 0.6) is 5.75 Å². The number of likely N-dealkylation sites (N-methyl/N-ethyl adjacent to an activating group) is 1. The second kappa shape index (κ2) is 13.7. The van der Waals surface area contributed by atoms with Crippen molar-refractivity contribution in [2.24, 2.45) is 0 Å². The number of hydrogen-bond donors (Lipinski definition) is 0. The number of halogens is 4. The van der Waals surface area contributed by atoms with Crippen molar-refractivity contribution in [3.8, 4) is 5.75 Å². The van der Waals surface area contributed by atoms with Crippen LogP contribution in [0.2, 0.25) is 5.02 Å². The van der Waals surface area contributed by atoms with E-state index in [0.717, 1.165) is 31.6 Å². The Morgan fingerprint density at radius 1 is 1.12 bits per heavy atom. The number of piperidine rings is 1. The van der Waals surface area contributed by atoms with E-state index in [2.05, 4.69) is 14.9 Å². The first-order valence-corrected chi connectivity index (χ1v) is 15.0. The fraction of sp³-hybridized carbons (Fsp3) is 0.633. The summed E-state index contributed by atoms with van der Waals surface area (Å²) in [6.45, 7) is 9.58. The molecule has 0 N–H and O–H groups in total. The lowest BCUT2D eigenvalue weighted by atomic mass is 9.87. The third-order valence-electron chi connectivity index (χ3n) is 7.97. The minimum absolute atomic E-state index is 0.00934. The minimum atomic E-state index is -4.53. The van der Waals surface area contributed by atoms with Crippen LogP contribution in [0.4, 0.5) is 23.9 Å². The number of ether oxygens (including phenoxy) is 2. The van der Waals surface area contributed by atoms with Crippen LogP contribution in [0.1, 0.15) is 70.9 Å². The second-order valence-electron chi connectivity index (χ2n) is 11.6. The first-order chi connectivity index (χ1) is 19.9. The lowest BCUT2D eigenvalue weighted by Gasteiger charge is -2.47. The van der Waals surface area contributed by atoms with Crippen molar-refractivity contribution in [3.05, 3.63) is 46.7 Å². The summed E-state index contributed by atoms with van der Waals surface area (Å²) in [5.74, 6) is 0.928. The summed E-state index contributed by atoms with van der Waals surface area (Å²) in [5, 5.41) is 0.00934. The zero-order valence-corrected chi connectivity index (χ0v) is 25.7. The lowest BCUT2D eigenvalue weighted by molar-refractivity contribution is -0.137. The number of anilines is 1. The molecule has 0 unspecified atom stereocenters. The highest BCUT2D eigenvalue weighted by molar-refractivity contribution is 6.30. The molecule has 1 aromatic heterocycles. The summed E-state index contributed by atoms with van der Waals surface area (Å²) in [7, 11) is 2.04. The molecule has 0 saturated carbocycles. The van der Waals surface area contributed by atoms with Crippen LogP contribution in [0.3, 0.4) is 0 Å². The molecule has 2 aliphatic heterocycles. The fourth-order valence-corrected chi connectivity index (χ4v) is 6.22. The van der Waals surface area contributed by atoms with Crippen LogP contribution in [0, 0.1) is 0 Å². The van der Waals surface area contributed by atoms with Crippen molar-refractivity contribution in [1.29, 1.82) is 0 Å². The van der Waals surface area contributed by atoms with E-state index in [4.69, 9.17) is 21.1 Å². The Labute approximate surface area is 251 Å². The molecular weight excluding hydrogens is 571 g/mol. The SMILES string of the molecule is CC[C@@H]1C[C@H](N(Cc2cc(Cl)cc(C(F)(F)F)c2)c2ncc(O[C@H]3CCN(C)C3)cn2)C[C@H](CC)N1C(=O)OC(C)C. The van der Waals surface area contributed by atoms with Gasteiger partial charge in [0.05, 0.1) is 24.1 Å². The number of aromatic nitrogens is 2. The van der Waals surface area contributed by atoms with Gasteiger partial charge in [-0.05, 0) is 76.8 Å². The fourth-order valence-electron chi connectivity index (χ4n) is 5.96. The van der Waals surface area contributed by atoms with Gasteiger partial charge in [-0.15, -0.1) is 0 Å². The van der Waals surface area contributed by atoms with E-state index in [1.807, 2.05) is 44.5 Å². The summed E-state index contributed by atoms with van der Waals surface area (Å²) in [6, 6.07) is 3.21. The zero-order chi connectivity index (χ0) is 30.6. The topological polar surface area (TPSA) is 71.0 Å². The summed E-state index contributed by atoms with van der Waals surface area (Å²) in [6.07, 6.45) is 1.67. The van der Waals surface area contributed by atoms with Gasteiger partial charge in [-0.2, -0.15) is 13.2 Å². The summed E-state index contributed by atoms with van der Waals surface area (Å²) in [5.41, 5.74) is -0.407. The maximum Gasteiger partial charge on any atom is 0.416 e. The Balaban J connectivity index is 1.65. The van der Waals surface area contributed by atoms with Gasteiger partial charge in [0.15, 0.2) is 5.75 Å². The maximum absolute atomic E-state index is 13.6. The molecule has 2 aromatic rings. The van der Waals surface area contributed by atoms with Crippen molar-refractivity contribution in [2.45, 2.75) is 103 Å². The van der Waals surface area contributed by atoms with Gasteiger partial charge in [0.25, 0.3) is 0 Å². The Bertz CT molecular complexity index is 1190. The van der Waals surface area contributed by atoms with Gasteiger partial charge in [0, 0.05) is 42.8 Å². The molecule has 3 heterocycles. The quantitative estimate of drug-likeness (QED) is 0.309. The largest absolute Gasteiger partial charge is 0.486 e. The van der Waals surface area contributed by atoms with E-state index in [-0.39, 0.29) is 48.0 Å². The van der Waals surface area contributed by atoms with E-state index in [9.17, 15) is 18.0 Å². The highest BCUT2D eigenvalue weighted by atomic mass is 35.5. The van der Waals surface area contributed by atoms with Crippen LogP contribution in [-0.2, 0) is 17.5 Å². The number of rotatable bonds is 9. The Kier molecular flexibility index (Phi) is 10.5.